The zero-order valence-corrected chi connectivity index (χ0v) is 11.1. The molecule has 1 aromatic rings. The first-order valence-corrected chi connectivity index (χ1v) is 6.41. The van der Waals surface area contributed by atoms with Gasteiger partial charge in [0.15, 0.2) is 5.78 Å². The van der Waals surface area contributed by atoms with Crippen molar-refractivity contribution in [3.8, 4) is 0 Å². The maximum atomic E-state index is 11.9. The fourth-order valence-electron chi connectivity index (χ4n) is 1.90. The van der Waals surface area contributed by atoms with Gasteiger partial charge in [-0.15, -0.1) is 0 Å². The highest BCUT2D eigenvalue weighted by molar-refractivity contribution is 14.1. The summed E-state index contributed by atoms with van der Waals surface area (Å²) in [5.41, 5.74) is 2.62. The molecule has 2 rings (SSSR count). The van der Waals surface area contributed by atoms with Gasteiger partial charge in [-0.05, 0) is 36.6 Å². The van der Waals surface area contributed by atoms with Gasteiger partial charge in [0, 0.05) is 18.2 Å². The molecule has 0 heterocycles. The number of rotatable bonds is 1. The number of anilines is 1. The van der Waals surface area contributed by atoms with E-state index in [-0.39, 0.29) is 15.6 Å². The Balaban J connectivity index is 2.33. The molecule has 0 aliphatic heterocycles. The molecule has 0 saturated carbocycles. The summed E-state index contributed by atoms with van der Waals surface area (Å²) in [4.78, 5) is 22.8. The minimum absolute atomic E-state index is 0.0890. The van der Waals surface area contributed by atoms with Crippen LogP contribution in [0.4, 0.5) is 5.69 Å². The van der Waals surface area contributed by atoms with Crippen molar-refractivity contribution < 1.29 is 9.59 Å². The average Bonchev–Trinajstić information content (AvgIpc) is 2.23. The zero-order valence-electron chi connectivity index (χ0n) is 8.92. The van der Waals surface area contributed by atoms with Gasteiger partial charge in [-0.3, -0.25) is 9.59 Å². The van der Waals surface area contributed by atoms with Crippen LogP contribution >= 0.6 is 22.6 Å². The molecule has 1 amide bonds. The van der Waals surface area contributed by atoms with E-state index in [1.807, 2.05) is 12.1 Å². The number of hydrogen-bond donors (Lipinski definition) is 1. The largest absolute Gasteiger partial charge is 0.326 e. The molecule has 0 bridgehead atoms. The standard InChI is InChI=1S/C12H12INO2/c1-7(15)14-9-3-4-10-8(6-9)2-5-11(13)12(10)16/h3-4,6,11H,2,5H2,1H3,(H,14,15). The van der Waals surface area contributed by atoms with Crippen molar-refractivity contribution >= 4 is 40.0 Å². The number of alkyl halides is 1. The van der Waals surface area contributed by atoms with E-state index in [0.29, 0.717) is 0 Å². The van der Waals surface area contributed by atoms with E-state index < -0.39 is 0 Å². The second kappa shape index (κ2) is 4.53. The van der Waals surface area contributed by atoms with E-state index in [4.69, 9.17) is 0 Å². The molecule has 0 saturated heterocycles. The Morgan fingerprint density at radius 1 is 1.50 bits per heavy atom. The molecule has 0 aromatic heterocycles. The number of benzene rings is 1. The third-order valence-corrected chi connectivity index (χ3v) is 3.83. The number of ketones is 1. The molecule has 1 N–H and O–H groups in total. The molecule has 1 aliphatic rings. The van der Waals surface area contributed by atoms with Crippen molar-refractivity contribution in [3.05, 3.63) is 29.3 Å². The Hall–Kier alpha value is -0.910. The summed E-state index contributed by atoms with van der Waals surface area (Å²) in [5, 5.41) is 2.73. The van der Waals surface area contributed by atoms with Crippen LogP contribution in [0.1, 0.15) is 29.3 Å². The van der Waals surface area contributed by atoms with Crippen LogP contribution in [0.5, 0.6) is 0 Å². The SMILES string of the molecule is CC(=O)Nc1ccc2c(c1)CCC(I)C2=O. The van der Waals surface area contributed by atoms with Gasteiger partial charge in [0.1, 0.15) is 0 Å². The van der Waals surface area contributed by atoms with E-state index in [1.54, 1.807) is 6.07 Å². The molecule has 0 spiro atoms. The van der Waals surface area contributed by atoms with Crippen LogP contribution in [0.15, 0.2) is 18.2 Å². The summed E-state index contributed by atoms with van der Waals surface area (Å²) in [6.07, 6.45) is 1.79. The lowest BCUT2D eigenvalue weighted by atomic mass is 9.90. The highest BCUT2D eigenvalue weighted by Gasteiger charge is 2.24. The van der Waals surface area contributed by atoms with E-state index in [9.17, 15) is 9.59 Å². The quantitative estimate of drug-likeness (QED) is 0.636. The van der Waals surface area contributed by atoms with Crippen molar-refractivity contribution in [1.29, 1.82) is 0 Å². The highest BCUT2D eigenvalue weighted by atomic mass is 127. The summed E-state index contributed by atoms with van der Waals surface area (Å²) >= 11 is 2.19. The molecular weight excluding hydrogens is 317 g/mol. The van der Waals surface area contributed by atoms with Crippen molar-refractivity contribution in [2.75, 3.05) is 5.32 Å². The van der Waals surface area contributed by atoms with Crippen LogP contribution in [0.3, 0.4) is 0 Å². The van der Waals surface area contributed by atoms with Gasteiger partial charge >= 0.3 is 0 Å². The zero-order chi connectivity index (χ0) is 11.7. The maximum Gasteiger partial charge on any atom is 0.221 e. The van der Waals surface area contributed by atoms with Crippen LogP contribution < -0.4 is 5.32 Å². The Labute approximate surface area is 108 Å². The smallest absolute Gasteiger partial charge is 0.221 e. The van der Waals surface area contributed by atoms with E-state index in [2.05, 4.69) is 27.9 Å². The number of fused-ring (bicyclic) bond motifs is 1. The van der Waals surface area contributed by atoms with Gasteiger partial charge in [-0.25, -0.2) is 0 Å². The average molecular weight is 329 g/mol. The molecule has 1 unspecified atom stereocenters. The van der Waals surface area contributed by atoms with Crippen LogP contribution in [-0.2, 0) is 11.2 Å². The van der Waals surface area contributed by atoms with Crippen LogP contribution in [0, 0.1) is 0 Å². The van der Waals surface area contributed by atoms with Gasteiger partial charge in [0.05, 0.1) is 3.92 Å². The predicted molar refractivity (Wildman–Crippen MR) is 71.2 cm³/mol. The predicted octanol–water partition coefficient (Wildman–Crippen LogP) is 2.58. The van der Waals surface area contributed by atoms with Gasteiger partial charge in [0.2, 0.25) is 5.91 Å². The molecule has 3 nitrogen and oxygen atoms in total. The minimum atomic E-state index is -0.0890. The number of carbonyl (C=O) groups excluding carboxylic acids is 2. The summed E-state index contributed by atoms with van der Waals surface area (Å²) in [5.74, 6) is 0.116. The lowest BCUT2D eigenvalue weighted by Crippen LogP contribution is -2.22. The summed E-state index contributed by atoms with van der Waals surface area (Å²) in [6, 6.07) is 5.50. The molecule has 0 fully saturated rings. The third-order valence-electron chi connectivity index (χ3n) is 2.64. The molecule has 0 radical (unpaired) electrons. The molecule has 84 valence electrons. The van der Waals surface area contributed by atoms with Crippen molar-refractivity contribution in [2.24, 2.45) is 0 Å². The first-order chi connectivity index (χ1) is 7.58. The minimum Gasteiger partial charge on any atom is -0.326 e. The lowest BCUT2D eigenvalue weighted by molar-refractivity contribution is -0.114. The summed E-state index contributed by atoms with van der Waals surface area (Å²) in [7, 11) is 0. The van der Waals surface area contributed by atoms with E-state index in [1.165, 1.54) is 6.92 Å². The molecule has 1 aromatic carbocycles. The molecule has 1 aliphatic carbocycles. The van der Waals surface area contributed by atoms with Gasteiger partial charge in [0.25, 0.3) is 0 Å². The van der Waals surface area contributed by atoms with Crippen molar-refractivity contribution in [1.82, 2.24) is 0 Å². The van der Waals surface area contributed by atoms with Crippen molar-refractivity contribution in [2.45, 2.75) is 23.7 Å². The molecular formula is C12H12INO2. The Bertz CT molecular complexity index is 456. The van der Waals surface area contributed by atoms with Crippen LogP contribution in [0.2, 0.25) is 0 Å². The summed E-state index contributed by atoms with van der Waals surface area (Å²) in [6.45, 7) is 1.48. The number of carbonyl (C=O) groups is 2. The number of halogens is 1. The van der Waals surface area contributed by atoms with Crippen LogP contribution in [0.25, 0.3) is 0 Å². The third kappa shape index (κ3) is 2.26. The van der Waals surface area contributed by atoms with Crippen molar-refractivity contribution in [3.63, 3.8) is 0 Å². The first-order valence-electron chi connectivity index (χ1n) is 5.16. The van der Waals surface area contributed by atoms with Crippen LogP contribution in [-0.4, -0.2) is 15.6 Å². The summed E-state index contributed by atoms with van der Waals surface area (Å²) < 4.78 is 0.0942. The number of hydrogen-bond acceptors (Lipinski definition) is 2. The van der Waals surface area contributed by atoms with Gasteiger partial charge < -0.3 is 5.32 Å². The second-order valence-electron chi connectivity index (χ2n) is 3.92. The molecule has 1 atom stereocenters. The number of Topliss-reactive ketones (excluding diaryl/α,β-unsaturated/α-hetero) is 1. The topological polar surface area (TPSA) is 46.2 Å². The lowest BCUT2D eigenvalue weighted by Gasteiger charge is -2.19. The molecule has 4 heteroatoms. The highest BCUT2D eigenvalue weighted by Crippen LogP contribution is 2.28. The van der Waals surface area contributed by atoms with E-state index >= 15 is 0 Å². The van der Waals surface area contributed by atoms with Gasteiger partial charge in [-0.2, -0.15) is 0 Å². The fraction of sp³-hybridized carbons (Fsp3) is 0.333. The maximum absolute atomic E-state index is 11.9. The second-order valence-corrected chi connectivity index (χ2v) is 5.43. The molecule has 16 heavy (non-hydrogen) atoms. The number of nitrogens with one attached hydrogen (secondary N) is 1. The number of aryl methyl sites for hydroxylation is 1. The van der Waals surface area contributed by atoms with E-state index in [0.717, 1.165) is 29.7 Å². The fourth-order valence-corrected chi connectivity index (χ4v) is 2.55. The number of amides is 1. The Kier molecular flexibility index (Phi) is 3.28. The Morgan fingerprint density at radius 3 is 2.94 bits per heavy atom. The monoisotopic (exact) mass is 329 g/mol. The first kappa shape index (κ1) is 11.6. The van der Waals surface area contributed by atoms with Gasteiger partial charge in [-0.1, -0.05) is 22.6 Å². The Morgan fingerprint density at radius 2 is 2.25 bits per heavy atom. The normalized spacial score (nSPS) is 19.1.